The van der Waals surface area contributed by atoms with Crippen LogP contribution in [0.2, 0.25) is 0 Å². The van der Waals surface area contributed by atoms with E-state index in [1.807, 2.05) is 13.0 Å². The van der Waals surface area contributed by atoms with E-state index in [0.717, 1.165) is 24.8 Å². The summed E-state index contributed by atoms with van der Waals surface area (Å²) in [6.07, 6.45) is 4.88. The molecule has 2 heteroatoms. The first-order valence-corrected chi connectivity index (χ1v) is 4.55. The Morgan fingerprint density at radius 3 is 2.42 bits per heavy atom. The molecule has 70 valence electrons. The van der Waals surface area contributed by atoms with Crippen LogP contribution in [0.3, 0.4) is 0 Å². The van der Waals surface area contributed by atoms with Crippen LogP contribution in [0.1, 0.15) is 40.0 Å². The second-order valence-corrected chi connectivity index (χ2v) is 3.00. The Bertz CT molecular complexity index is 171. The van der Waals surface area contributed by atoms with Gasteiger partial charge in [0, 0.05) is 0 Å². The minimum Gasteiger partial charge on any atom is -0.481 e. The van der Waals surface area contributed by atoms with Gasteiger partial charge >= 0.3 is 5.97 Å². The molecule has 2 nitrogen and oxygen atoms in total. The van der Waals surface area contributed by atoms with Crippen LogP contribution in [0.15, 0.2) is 11.6 Å². The van der Waals surface area contributed by atoms with Crippen molar-refractivity contribution in [2.45, 2.75) is 40.0 Å². The molecule has 0 aromatic rings. The van der Waals surface area contributed by atoms with Gasteiger partial charge in [-0.05, 0) is 19.8 Å². The lowest BCUT2D eigenvalue weighted by atomic mass is 9.96. The van der Waals surface area contributed by atoms with Crippen molar-refractivity contribution in [1.29, 1.82) is 0 Å². The highest BCUT2D eigenvalue weighted by atomic mass is 16.4. The van der Waals surface area contributed by atoms with Gasteiger partial charge in [-0.25, -0.2) is 0 Å². The zero-order valence-electron chi connectivity index (χ0n) is 8.13. The van der Waals surface area contributed by atoms with Crippen molar-refractivity contribution in [3.05, 3.63) is 11.6 Å². The van der Waals surface area contributed by atoms with Gasteiger partial charge in [-0.15, -0.1) is 0 Å². The van der Waals surface area contributed by atoms with Crippen molar-refractivity contribution in [3.8, 4) is 0 Å². The Morgan fingerprint density at radius 1 is 1.50 bits per heavy atom. The number of allylic oxidation sites excluding steroid dienone is 1. The summed E-state index contributed by atoms with van der Waals surface area (Å²) in [6, 6.07) is 0. The predicted octanol–water partition coefficient (Wildman–Crippen LogP) is 2.84. The van der Waals surface area contributed by atoms with Gasteiger partial charge in [0.05, 0.1) is 5.92 Å². The molecule has 0 fully saturated rings. The van der Waals surface area contributed by atoms with E-state index in [0.29, 0.717) is 0 Å². The van der Waals surface area contributed by atoms with E-state index in [1.165, 1.54) is 0 Å². The molecule has 0 bridgehead atoms. The second-order valence-electron chi connectivity index (χ2n) is 3.00. The molecule has 0 saturated carbocycles. The monoisotopic (exact) mass is 170 g/mol. The van der Waals surface area contributed by atoms with Crippen molar-refractivity contribution < 1.29 is 9.90 Å². The van der Waals surface area contributed by atoms with Crippen LogP contribution in [0.5, 0.6) is 0 Å². The lowest BCUT2D eigenvalue weighted by molar-refractivity contribution is -0.139. The molecule has 1 N–H and O–H groups in total. The van der Waals surface area contributed by atoms with Gasteiger partial charge in [-0.3, -0.25) is 4.79 Å². The van der Waals surface area contributed by atoms with E-state index in [9.17, 15) is 4.79 Å². The molecule has 0 amide bonds. The Labute approximate surface area is 74.3 Å². The minimum atomic E-state index is -0.719. The molecular weight excluding hydrogens is 152 g/mol. The SMILES string of the molecule is CCC=C(CCC)C(C)C(=O)O. The second kappa shape index (κ2) is 5.81. The molecular formula is C10H18O2. The molecule has 0 radical (unpaired) electrons. The van der Waals surface area contributed by atoms with Crippen molar-refractivity contribution in [3.63, 3.8) is 0 Å². The van der Waals surface area contributed by atoms with E-state index in [-0.39, 0.29) is 5.92 Å². The van der Waals surface area contributed by atoms with Crippen molar-refractivity contribution in [2.75, 3.05) is 0 Å². The molecule has 0 aliphatic rings. The molecule has 0 heterocycles. The molecule has 0 aromatic carbocycles. The van der Waals surface area contributed by atoms with Gasteiger partial charge < -0.3 is 5.11 Å². The van der Waals surface area contributed by atoms with Crippen LogP contribution in [-0.2, 0) is 4.79 Å². The number of aliphatic carboxylic acids is 1. The Hall–Kier alpha value is -0.790. The zero-order valence-corrected chi connectivity index (χ0v) is 8.13. The van der Waals surface area contributed by atoms with Gasteiger partial charge in [0.25, 0.3) is 0 Å². The lowest BCUT2D eigenvalue weighted by Gasteiger charge is -2.10. The first-order valence-electron chi connectivity index (χ1n) is 4.55. The highest BCUT2D eigenvalue weighted by molar-refractivity contribution is 5.73. The summed E-state index contributed by atoms with van der Waals surface area (Å²) in [5.41, 5.74) is 1.06. The van der Waals surface area contributed by atoms with Gasteiger partial charge in [0.1, 0.15) is 0 Å². The number of carboxylic acids is 1. The maximum absolute atomic E-state index is 10.6. The summed E-state index contributed by atoms with van der Waals surface area (Å²) in [6.45, 7) is 5.85. The lowest BCUT2D eigenvalue weighted by Crippen LogP contribution is -2.12. The highest BCUT2D eigenvalue weighted by Gasteiger charge is 2.14. The summed E-state index contributed by atoms with van der Waals surface area (Å²) in [4.78, 5) is 10.6. The number of rotatable bonds is 5. The molecule has 0 spiro atoms. The molecule has 0 aliphatic carbocycles. The van der Waals surface area contributed by atoms with Crippen molar-refractivity contribution in [2.24, 2.45) is 5.92 Å². The third kappa shape index (κ3) is 3.56. The molecule has 0 rings (SSSR count). The fraction of sp³-hybridized carbons (Fsp3) is 0.700. The number of carbonyl (C=O) groups is 1. The molecule has 1 atom stereocenters. The quantitative estimate of drug-likeness (QED) is 0.644. The first-order chi connectivity index (χ1) is 5.63. The standard InChI is InChI=1S/C10H18O2/c1-4-6-9(7-5-2)8(3)10(11)12/h6,8H,4-5,7H2,1-3H3,(H,11,12). The van der Waals surface area contributed by atoms with Crippen molar-refractivity contribution in [1.82, 2.24) is 0 Å². The zero-order chi connectivity index (χ0) is 9.56. The average Bonchev–Trinajstić information content (AvgIpc) is 2.03. The van der Waals surface area contributed by atoms with Crippen LogP contribution >= 0.6 is 0 Å². The first kappa shape index (κ1) is 11.2. The van der Waals surface area contributed by atoms with Gasteiger partial charge in [0.2, 0.25) is 0 Å². The molecule has 0 saturated heterocycles. The highest BCUT2D eigenvalue weighted by Crippen LogP contribution is 2.17. The van der Waals surface area contributed by atoms with Crippen LogP contribution < -0.4 is 0 Å². The normalized spacial score (nSPS) is 14.4. The average molecular weight is 170 g/mol. The Morgan fingerprint density at radius 2 is 2.08 bits per heavy atom. The smallest absolute Gasteiger partial charge is 0.310 e. The number of hydrogen-bond donors (Lipinski definition) is 1. The minimum absolute atomic E-state index is 0.315. The maximum Gasteiger partial charge on any atom is 0.310 e. The van der Waals surface area contributed by atoms with Crippen LogP contribution in [0, 0.1) is 5.92 Å². The summed E-state index contributed by atoms with van der Waals surface area (Å²) < 4.78 is 0. The Kier molecular flexibility index (Phi) is 5.43. The van der Waals surface area contributed by atoms with Gasteiger partial charge in [0.15, 0.2) is 0 Å². The van der Waals surface area contributed by atoms with Crippen LogP contribution in [0.4, 0.5) is 0 Å². The summed E-state index contributed by atoms with van der Waals surface area (Å²) in [5, 5.41) is 8.76. The van der Waals surface area contributed by atoms with Gasteiger partial charge in [-0.1, -0.05) is 31.9 Å². The summed E-state index contributed by atoms with van der Waals surface area (Å²) >= 11 is 0. The van der Waals surface area contributed by atoms with Gasteiger partial charge in [-0.2, -0.15) is 0 Å². The third-order valence-electron chi connectivity index (χ3n) is 1.93. The summed E-state index contributed by atoms with van der Waals surface area (Å²) in [5.74, 6) is -1.03. The topological polar surface area (TPSA) is 37.3 Å². The summed E-state index contributed by atoms with van der Waals surface area (Å²) in [7, 11) is 0. The Balaban J connectivity index is 4.29. The largest absolute Gasteiger partial charge is 0.481 e. The predicted molar refractivity (Wildman–Crippen MR) is 50.1 cm³/mol. The van der Waals surface area contributed by atoms with Crippen molar-refractivity contribution >= 4 is 5.97 Å². The molecule has 0 aliphatic heterocycles. The molecule has 0 aromatic heterocycles. The van der Waals surface area contributed by atoms with E-state index in [1.54, 1.807) is 6.92 Å². The van der Waals surface area contributed by atoms with Crippen LogP contribution in [0.25, 0.3) is 0 Å². The van der Waals surface area contributed by atoms with E-state index in [2.05, 4.69) is 6.92 Å². The van der Waals surface area contributed by atoms with E-state index >= 15 is 0 Å². The third-order valence-corrected chi connectivity index (χ3v) is 1.93. The van der Waals surface area contributed by atoms with Crippen LogP contribution in [-0.4, -0.2) is 11.1 Å². The van der Waals surface area contributed by atoms with E-state index in [4.69, 9.17) is 5.11 Å². The number of carboxylic acid groups (broad SMARTS) is 1. The number of hydrogen-bond acceptors (Lipinski definition) is 1. The molecule has 12 heavy (non-hydrogen) atoms. The fourth-order valence-electron chi connectivity index (χ4n) is 1.20. The fourth-order valence-corrected chi connectivity index (χ4v) is 1.20. The molecule has 1 unspecified atom stereocenters. The van der Waals surface area contributed by atoms with E-state index < -0.39 is 5.97 Å². The maximum atomic E-state index is 10.6.